The van der Waals surface area contributed by atoms with Crippen LogP contribution in [-0.2, 0) is 4.79 Å². The third-order valence-corrected chi connectivity index (χ3v) is 3.03. The van der Waals surface area contributed by atoms with Crippen LogP contribution in [-0.4, -0.2) is 62.0 Å². The van der Waals surface area contributed by atoms with E-state index in [4.69, 9.17) is 0 Å². The Hall–Kier alpha value is -0.610. The molecule has 0 bridgehead atoms. The van der Waals surface area contributed by atoms with Gasteiger partial charge in [-0.3, -0.25) is 4.79 Å². The van der Waals surface area contributed by atoms with Crippen LogP contribution < -0.4 is 5.32 Å². The highest BCUT2D eigenvalue weighted by Crippen LogP contribution is 2.11. The zero-order chi connectivity index (χ0) is 12.0. The maximum absolute atomic E-state index is 12.1. The molecule has 0 aromatic rings. The van der Waals surface area contributed by atoms with Crippen molar-refractivity contribution in [3.63, 3.8) is 0 Å². The molecule has 1 atom stereocenters. The molecule has 0 radical (unpaired) electrons. The summed E-state index contributed by atoms with van der Waals surface area (Å²) in [5.41, 5.74) is 0. The molecule has 1 aliphatic heterocycles. The molecule has 0 spiro atoms. The number of amides is 1. The van der Waals surface area contributed by atoms with Gasteiger partial charge in [0.1, 0.15) is 0 Å². The van der Waals surface area contributed by atoms with E-state index in [1.54, 1.807) is 0 Å². The topological polar surface area (TPSA) is 35.6 Å². The van der Waals surface area contributed by atoms with Crippen molar-refractivity contribution in [2.24, 2.45) is 0 Å². The zero-order valence-electron chi connectivity index (χ0n) is 10.8. The Morgan fingerprint density at radius 1 is 1.38 bits per heavy atom. The summed E-state index contributed by atoms with van der Waals surface area (Å²) in [6.07, 6.45) is 2.79. The van der Waals surface area contributed by atoms with Crippen LogP contribution in [0.2, 0.25) is 0 Å². The summed E-state index contributed by atoms with van der Waals surface area (Å²) < 4.78 is 0. The lowest BCUT2D eigenvalue weighted by atomic mass is 10.2. The normalized spacial score (nSPS) is 20.4. The van der Waals surface area contributed by atoms with Crippen LogP contribution >= 0.6 is 0 Å². The van der Waals surface area contributed by atoms with Crippen LogP contribution in [0, 0.1) is 0 Å². The third kappa shape index (κ3) is 4.10. The monoisotopic (exact) mass is 227 g/mol. The van der Waals surface area contributed by atoms with Crippen LogP contribution in [0.1, 0.15) is 26.2 Å². The van der Waals surface area contributed by atoms with E-state index in [9.17, 15) is 4.79 Å². The highest BCUT2D eigenvalue weighted by molar-refractivity contribution is 5.76. The fourth-order valence-corrected chi connectivity index (χ4v) is 2.12. The van der Waals surface area contributed by atoms with Gasteiger partial charge < -0.3 is 15.1 Å². The van der Waals surface area contributed by atoms with E-state index in [0.29, 0.717) is 18.4 Å². The predicted molar refractivity (Wildman–Crippen MR) is 66.4 cm³/mol. The largest absolute Gasteiger partial charge is 0.338 e. The molecule has 1 heterocycles. The summed E-state index contributed by atoms with van der Waals surface area (Å²) in [4.78, 5) is 16.2. The molecule has 4 heteroatoms. The first-order valence-electron chi connectivity index (χ1n) is 6.30. The molecular weight excluding hydrogens is 202 g/mol. The van der Waals surface area contributed by atoms with Gasteiger partial charge in [0.25, 0.3) is 0 Å². The number of nitrogens with zero attached hydrogens (tertiary/aromatic N) is 2. The van der Waals surface area contributed by atoms with E-state index < -0.39 is 0 Å². The quantitative estimate of drug-likeness (QED) is 0.719. The molecule has 1 amide bonds. The Kier molecular flexibility index (Phi) is 5.77. The molecule has 1 unspecified atom stereocenters. The minimum atomic E-state index is 0.309. The molecule has 4 nitrogen and oxygen atoms in total. The predicted octanol–water partition coefficient (Wildman–Crippen LogP) is 0.539. The Morgan fingerprint density at radius 2 is 2.12 bits per heavy atom. The second-order valence-corrected chi connectivity index (χ2v) is 4.79. The summed E-state index contributed by atoms with van der Waals surface area (Å²) in [5.74, 6) is 0.309. The molecule has 16 heavy (non-hydrogen) atoms. The molecule has 1 N–H and O–H groups in total. The van der Waals surface area contributed by atoms with Crippen molar-refractivity contribution >= 4 is 5.91 Å². The molecule has 0 aromatic carbocycles. The standard InChI is InChI=1S/C12H25N3O/c1-4-8-15(11-5-7-13-10-11)12(16)6-9-14(2)3/h11,13H,4-10H2,1-3H3. The highest BCUT2D eigenvalue weighted by Gasteiger charge is 2.25. The van der Waals surface area contributed by atoms with Crippen molar-refractivity contribution in [1.29, 1.82) is 0 Å². The number of nitrogens with one attached hydrogen (secondary N) is 1. The number of rotatable bonds is 6. The first kappa shape index (κ1) is 13.5. The number of carbonyl (C=O) groups is 1. The fraction of sp³-hybridized carbons (Fsp3) is 0.917. The Morgan fingerprint density at radius 3 is 2.62 bits per heavy atom. The van der Waals surface area contributed by atoms with Gasteiger partial charge in [-0.15, -0.1) is 0 Å². The van der Waals surface area contributed by atoms with E-state index in [1.807, 2.05) is 14.1 Å². The average Bonchev–Trinajstić information content (AvgIpc) is 2.75. The van der Waals surface area contributed by atoms with Crippen molar-refractivity contribution in [3.8, 4) is 0 Å². The van der Waals surface area contributed by atoms with E-state index in [1.165, 1.54) is 0 Å². The smallest absolute Gasteiger partial charge is 0.224 e. The minimum absolute atomic E-state index is 0.309. The van der Waals surface area contributed by atoms with Gasteiger partial charge in [0.2, 0.25) is 5.91 Å². The fourth-order valence-electron chi connectivity index (χ4n) is 2.12. The summed E-state index contributed by atoms with van der Waals surface area (Å²) in [6.45, 7) is 5.89. The van der Waals surface area contributed by atoms with Crippen molar-refractivity contribution in [2.75, 3.05) is 40.3 Å². The summed E-state index contributed by atoms with van der Waals surface area (Å²) in [7, 11) is 4.02. The van der Waals surface area contributed by atoms with Gasteiger partial charge in [-0.25, -0.2) is 0 Å². The van der Waals surface area contributed by atoms with Crippen molar-refractivity contribution in [2.45, 2.75) is 32.2 Å². The second-order valence-electron chi connectivity index (χ2n) is 4.79. The van der Waals surface area contributed by atoms with Crippen LogP contribution in [0.4, 0.5) is 0 Å². The molecule has 1 rings (SSSR count). The summed E-state index contributed by atoms with van der Waals surface area (Å²) in [5, 5.41) is 3.33. The molecule has 0 saturated carbocycles. The van der Waals surface area contributed by atoms with Gasteiger partial charge in [0, 0.05) is 32.1 Å². The van der Waals surface area contributed by atoms with Gasteiger partial charge in [0.05, 0.1) is 0 Å². The van der Waals surface area contributed by atoms with E-state index in [0.717, 1.165) is 39.0 Å². The highest BCUT2D eigenvalue weighted by atomic mass is 16.2. The molecule has 1 aliphatic rings. The first-order valence-corrected chi connectivity index (χ1v) is 6.30. The van der Waals surface area contributed by atoms with Crippen molar-refractivity contribution in [3.05, 3.63) is 0 Å². The van der Waals surface area contributed by atoms with Gasteiger partial charge in [-0.05, 0) is 33.5 Å². The lowest BCUT2D eigenvalue weighted by molar-refractivity contribution is -0.133. The van der Waals surface area contributed by atoms with E-state index >= 15 is 0 Å². The average molecular weight is 227 g/mol. The van der Waals surface area contributed by atoms with E-state index in [-0.39, 0.29) is 0 Å². The van der Waals surface area contributed by atoms with Crippen LogP contribution in [0.3, 0.4) is 0 Å². The third-order valence-electron chi connectivity index (χ3n) is 3.03. The molecule has 1 fully saturated rings. The van der Waals surface area contributed by atoms with E-state index in [2.05, 4.69) is 22.0 Å². The van der Waals surface area contributed by atoms with Gasteiger partial charge >= 0.3 is 0 Å². The summed E-state index contributed by atoms with van der Waals surface area (Å²) >= 11 is 0. The Bertz CT molecular complexity index is 212. The molecule has 94 valence electrons. The van der Waals surface area contributed by atoms with Gasteiger partial charge in [-0.2, -0.15) is 0 Å². The maximum atomic E-state index is 12.1. The first-order chi connectivity index (χ1) is 7.65. The van der Waals surface area contributed by atoms with Crippen molar-refractivity contribution in [1.82, 2.24) is 15.1 Å². The lowest BCUT2D eigenvalue weighted by Gasteiger charge is -2.28. The molecule has 1 saturated heterocycles. The zero-order valence-corrected chi connectivity index (χ0v) is 10.8. The second kappa shape index (κ2) is 6.86. The Labute approximate surface area is 99.0 Å². The lowest BCUT2D eigenvalue weighted by Crippen LogP contribution is -2.42. The number of hydrogen-bond donors (Lipinski definition) is 1. The van der Waals surface area contributed by atoms with Gasteiger partial charge in [0.15, 0.2) is 0 Å². The SMILES string of the molecule is CCCN(C(=O)CCN(C)C)C1CCNC1. The van der Waals surface area contributed by atoms with Crippen LogP contribution in [0.15, 0.2) is 0 Å². The Balaban J connectivity index is 2.44. The molecule has 0 aromatic heterocycles. The van der Waals surface area contributed by atoms with Crippen LogP contribution in [0.25, 0.3) is 0 Å². The number of carbonyl (C=O) groups excluding carboxylic acids is 1. The summed E-state index contributed by atoms with van der Waals surface area (Å²) in [6, 6.07) is 0.426. The molecule has 0 aliphatic carbocycles. The minimum Gasteiger partial charge on any atom is -0.338 e. The molecular formula is C12H25N3O. The number of hydrogen-bond acceptors (Lipinski definition) is 3. The van der Waals surface area contributed by atoms with Gasteiger partial charge in [-0.1, -0.05) is 6.92 Å². The van der Waals surface area contributed by atoms with Crippen molar-refractivity contribution < 1.29 is 4.79 Å². The maximum Gasteiger partial charge on any atom is 0.224 e. The van der Waals surface area contributed by atoms with Crippen LogP contribution in [0.5, 0.6) is 0 Å².